The van der Waals surface area contributed by atoms with Gasteiger partial charge in [0.05, 0.1) is 12.2 Å². The lowest BCUT2D eigenvalue weighted by Crippen LogP contribution is -2.38. The fraction of sp³-hybridized carbons (Fsp3) is 0.929. The average molecular weight is 237 g/mol. The fourth-order valence-corrected chi connectivity index (χ4v) is 3.73. The third-order valence-electron chi connectivity index (χ3n) is 4.65. The molecule has 17 heavy (non-hydrogen) atoms. The normalized spacial score (nSPS) is 37.3. The van der Waals surface area contributed by atoms with Gasteiger partial charge in [-0.25, -0.2) is 0 Å². The van der Waals surface area contributed by atoms with Crippen molar-refractivity contribution < 1.29 is 9.53 Å². The van der Waals surface area contributed by atoms with E-state index in [4.69, 9.17) is 4.74 Å². The molecule has 1 saturated carbocycles. The molecule has 2 aliphatic heterocycles. The first-order chi connectivity index (χ1) is 8.31. The number of carbonyl (C=O) groups is 1. The van der Waals surface area contributed by atoms with Crippen LogP contribution in [-0.2, 0) is 9.53 Å². The maximum Gasteiger partial charge on any atom is 0.220 e. The van der Waals surface area contributed by atoms with E-state index >= 15 is 0 Å². The molecule has 2 bridgehead atoms. The van der Waals surface area contributed by atoms with Crippen LogP contribution in [0.5, 0.6) is 0 Å². The van der Waals surface area contributed by atoms with E-state index in [1.807, 2.05) is 0 Å². The molecule has 0 aromatic carbocycles. The molecule has 1 N–H and O–H groups in total. The van der Waals surface area contributed by atoms with Crippen LogP contribution in [-0.4, -0.2) is 24.2 Å². The van der Waals surface area contributed by atoms with Crippen molar-refractivity contribution in [3.05, 3.63) is 0 Å². The van der Waals surface area contributed by atoms with E-state index in [1.54, 1.807) is 0 Å². The summed E-state index contributed by atoms with van der Waals surface area (Å²) in [6, 6.07) is 0.454. The Morgan fingerprint density at radius 1 is 1.12 bits per heavy atom. The molecule has 0 aromatic heterocycles. The molecule has 3 fully saturated rings. The van der Waals surface area contributed by atoms with Gasteiger partial charge in [0.1, 0.15) is 0 Å². The molecule has 1 aliphatic carbocycles. The highest BCUT2D eigenvalue weighted by Crippen LogP contribution is 2.40. The van der Waals surface area contributed by atoms with Crippen LogP contribution in [0.2, 0.25) is 0 Å². The Kier molecular flexibility index (Phi) is 3.37. The highest BCUT2D eigenvalue weighted by Gasteiger charge is 2.41. The molecular formula is C14H23NO2. The molecule has 96 valence electrons. The Morgan fingerprint density at radius 3 is 2.59 bits per heavy atom. The van der Waals surface area contributed by atoms with Crippen molar-refractivity contribution in [2.24, 2.45) is 5.92 Å². The predicted molar refractivity (Wildman–Crippen MR) is 65.6 cm³/mol. The number of carbonyl (C=O) groups excluding carboxylic acids is 1. The van der Waals surface area contributed by atoms with Gasteiger partial charge in [0.15, 0.2) is 0 Å². The van der Waals surface area contributed by atoms with Gasteiger partial charge < -0.3 is 10.1 Å². The lowest BCUT2D eigenvalue weighted by Gasteiger charge is -2.24. The molecular weight excluding hydrogens is 214 g/mol. The van der Waals surface area contributed by atoms with Crippen molar-refractivity contribution >= 4 is 5.91 Å². The van der Waals surface area contributed by atoms with Crippen LogP contribution >= 0.6 is 0 Å². The van der Waals surface area contributed by atoms with Crippen molar-refractivity contribution in [1.29, 1.82) is 0 Å². The molecule has 2 unspecified atom stereocenters. The van der Waals surface area contributed by atoms with E-state index in [2.05, 4.69) is 5.32 Å². The molecule has 2 heterocycles. The summed E-state index contributed by atoms with van der Waals surface area (Å²) in [5, 5.41) is 3.21. The van der Waals surface area contributed by atoms with E-state index < -0.39 is 0 Å². The summed E-state index contributed by atoms with van der Waals surface area (Å²) in [4.78, 5) is 12.0. The zero-order chi connectivity index (χ0) is 11.7. The molecule has 3 aliphatic rings. The molecule has 0 aromatic rings. The number of fused-ring (bicyclic) bond motifs is 2. The summed E-state index contributed by atoms with van der Waals surface area (Å²) >= 11 is 0. The Hall–Kier alpha value is -0.570. The Labute approximate surface area is 103 Å². The summed E-state index contributed by atoms with van der Waals surface area (Å²) in [5.41, 5.74) is 0. The SMILES string of the molecule is O=C(CC1C[C@@H]2CCC1O2)NC1CCCCC1. The first-order valence-corrected chi connectivity index (χ1v) is 7.26. The minimum absolute atomic E-state index is 0.262. The van der Waals surface area contributed by atoms with Crippen LogP contribution in [0.1, 0.15) is 57.8 Å². The Bertz CT molecular complexity index is 286. The molecule has 0 spiro atoms. The molecule has 3 heteroatoms. The number of amides is 1. The zero-order valence-electron chi connectivity index (χ0n) is 10.5. The summed E-state index contributed by atoms with van der Waals surface area (Å²) in [7, 11) is 0. The van der Waals surface area contributed by atoms with Gasteiger partial charge in [-0.15, -0.1) is 0 Å². The molecule has 2 saturated heterocycles. The van der Waals surface area contributed by atoms with Crippen molar-refractivity contribution in [2.75, 3.05) is 0 Å². The van der Waals surface area contributed by atoms with Gasteiger partial charge in [0.25, 0.3) is 0 Å². The third kappa shape index (κ3) is 2.65. The van der Waals surface area contributed by atoms with Gasteiger partial charge >= 0.3 is 0 Å². The molecule has 3 atom stereocenters. The highest BCUT2D eigenvalue weighted by molar-refractivity contribution is 5.76. The number of rotatable bonds is 3. The monoisotopic (exact) mass is 237 g/mol. The lowest BCUT2D eigenvalue weighted by atomic mass is 9.86. The zero-order valence-corrected chi connectivity index (χ0v) is 10.5. The van der Waals surface area contributed by atoms with Gasteiger partial charge in [-0.3, -0.25) is 4.79 Å². The second kappa shape index (κ2) is 4.97. The summed E-state index contributed by atoms with van der Waals surface area (Å²) in [6.07, 6.45) is 11.3. The number of ether oxygens (including phenoxy) is 1. The first-order valence-electron chi connectivity index (χ1n) is 7.26. The van der Waals surface area contributed by atoms with Gasteiger partial charge in [0.2, 0.25) is 5.91 Å². The van der Waals surface area contributed by atoms with E-state index in [-0.39, 0.29) is 5.91 Å². The summed E-state index contributed by atoms with van der Waals surface area (Å²) in [6.45, 7) is 0. The van der Waals surface area contributed by atoms with E-state index in [0.717, 1.165) is 6.42 Å². The van der Waals surface area contributed by atoms with Crippen LogP contribution in [0.25, 0.3) is 0 Å². The standard InChI is InChI=1S/C14H23NO2/c16-14(15-11-4-2-1-3-5-11)9-10-8-12-6-7-13(10)17-12/h10-13H,1-9H2,(H,15,16)/t10?,12-,13?/m0/s1. The van der Waals surface area contributed by atoms with Crippen LogP contribution in [0.15, 0.2) is 0 Å². The quantitative estimate of drug-likeness (QED) is 0.818. The number of hydrogen-bond acceptors (Lipinski definition) is 2. The number of hydrogen-bond donors (Lipinski definition) is 1. The van der Waals surface area contributed by atoms with Gasteiger partial charge in [0, 0.05) is 12.5 Å². The van der Waals surface area contributed by atoms with Crippen LogP contribution in [0.3, 0.4) is 0 Å². The van der Waals surface area contributed by atoms with Crippen LogP contribution < -0.4 is 5.32 Å². The molecule has 3 rings (SSSR count). The van der Waals surface area contributed by atoms with Gasteiger partial charge in [-0.05, 0) is 38.0 Å². The van der Waals surface area contributed by atoms with Crippen LogP contribution in [0.4, 0.5) is 0 Å². The van der Waals surface area contributed by atoms with E-state index in [0.29, 0.717) is 30.6 Å². The predicted octanol–water partition coefficient (Wildman–Crippen LogP) is 2.39. The largest absolute Gasteiger partial charge is 0.375 e. The second-order valence-corrected chi connectivity index (χ2v) is 5.98. The number of nitrogens with one attached hydrogen (secondary N) is 1. The van der Waals surface area contributed by atoms with E-state index in [1.165, 1.54) is 44.9 Å². The van der Waals surface area contributed by atoms with Crippen LogP contribution in [0, 0.1) is 5.92 Å². The first kappa shape index (κ1) is 11.5. The molecule has 3 nitrogen and oxygen atoms in total. The Morgan fingerprint density at radius 2 is 1.94 bits per heavy atom. The van der Waals surface area contributed by atoms with Crippen molar-refractivity contribution in [1.82, 2.24) is 5.32 Å². The van der Waals surface area contributed by atoms with E-state index in [9.17, 15) is 4.79 Å². The van der Waals surface area contributed by atoms with Gasteiger partial charge in [-0.1, -0.05) is 19.3 Å². The summed E-state index contributed by atoms with van der Waals surface area (Å²) in [5.74, 6) is 0.760. The highest BCUT2D eigenvalue weighted by atomic mass is 16.5. The fourth-order valence-electron chi connectivity index (χ4n) is 3.73. The molecule has 0 radical (unpaired) electrons. The lowest BCUT2D eigenvalue weighted by molar-refractivity contribution is -0.123. The minimum Gasteiger partial charge on any atom is -0.375 e. The smallest absolute Gasteiger partial charge is 0.220 e. The second-order valence-electron chi connectivity index (χ2n) is 5.98. The molecule has 1 amide bonds. The van der Waals surface area contributed by atoms with Crippen molar-refractivity contribution in [3.63, 3.8) is 0 Å². The maximum atomic E-state index is 12.0. The third-order valence-corrected chi connectivity index (χ3v) is 4.65. The summed E-state index contributed by atoms with van der Waals surface area (Å²) < 4.78 is 5.80. The van der Waals surface area contributed by atoms with Gasteiger partial charge in [-0.2, -0.15) is 0 Å². The van der Waals surface area contributed by atoms with Crippen molar-refractivity contribution in [3.8, 4) is 0 Å². The Balaban J connectivity index is 1.44. The maximum absolute atomic E-state index is 12.0. The topological polar surface area (TPSA) is 38.3 Å². The minimum atomic E-state index is 0.262. The van der Waals surface area contributed by atoms with Crippen molar-refractivity contribution in [2.45, 2.75) is 76.0 Å². The average Bonchev–Trinajstić information content (AvgIpc) is 2.92.